The molecule has 0 aliphatic carbocycles. The van der Waals surface area contributed by atoms with Crippen molar-refractivity contribution in [3.63, 3.8) is 0 Å². The van der Waals surface area contributed by atoms with Gasteiger partial charge in [0.2, 0.25) is 5.91 Å². The number of amides is 1. The first-order valence-corrected chi connectivity index (χ1v) is 7.37. The summed E-state index contributed by atoms with van der Waals surface area (Å²) in [6.07, 6.45) is 0.928. The maximum atomic E-state index is 12.3. The van der Waals surface area contributed by atoms with Crippen LogP contribution in [-0.2, 0) is 11.3 Å². The first-order valence-electron chi connectivity index (χ1n) is 7.37. The lowest BCUT2D eigenvalue weighted by Gasteiger charge is -2.26. The Labute approximate surface area is 127 Å². The van der Waals surface area contributed by atoms with Gasteiger partial charge in [0, 0.05) is 18.6 Å². The third-order valence-corrected chi connectivity index (χ3v) is 3.07. The number of benzene rings is 1. The molecule has 0 saturated carbocycles. The van der Waals surface area contributed by atoms with E-state index in [0.29, 0.717) is 18.7 Å². The highest BCUT2D eigenvalue weighted by Crippen LogP contribution is 2.08. The van der Waals surface area contributed by atoms with Crippen molar-refractivity contribution in [2.75, 3.05) is 13.1 Å². The lowest BCUT2D eigenvalue weighted by molar-refractivity contribution is -0.131. The van der Waals surface area contributed by atoms with Crippen molar-refractivity contribution in [1.82, 2.24) is 10.2 Å². The molecule has 1 N–H and O–H groups in total. The molecule has 1 rings (SSSR count). The largest absolute Gasteiger partial charge is 0.337 e. The molecule has 0 bridgehead atoms. The van der Waals surface area contributed by atoms with Gasteiger partial charge in [0.1, 0.15) is 0 Å². The van der Waals surface area contributed by atoms with Crippen molar-refractivity contribution in [2.45, 2.75) is 46.2 Å². The summed E-state index contributed by atoms with van der Waals surface area (Å²) in [5.41, 5.74) is 1.62. The molecule has 0 heterocycles. The Morgan fingerprint density at radius 3 is 2.38 bits per heavy atom. The number of nitrogens with one attached hydrogen (secondary N) is 1. The van der Waals surface area contributed by atoms with Crippen LogP contribution < -0.4 is 5.32 Å². The molecule has 114 valence electrons. The summed E-state index contributed by atoms with van der Waals surface area (Å²) in [5, 5.41) is 12.0. The average Bonchev–Trinajstić information content (AvgIpc) is 2.44. The van der Waals surface area contributed by atoms with Gasteiger partial charge in [-0.15, -0.1) is 0 Å². The Bertz CT molecular complexity index is 494. The summed E-state index contributed by atoms with van der Waals surface area (Å²) in [5.74, 6) is 0.108. The van der Waals surface area contributed by atoms with Crippen LogP contribution in [0.2, 0.25) is 0 Å². The fourth-order valence-corrected chi connectivity index (χ4v) is 1.92. The minimum atomic E-state index is -0.0675. The number of nitriles is 1. The summed E-state index contributed by atoms with van der Waals surface area (Å²) in [7, 11) is 0. The first-order chi connectivity index (χ1) is 9.85. The maximum Gasteiger partial charge on any atom is 0.236 e. The van der Waals surface area contributed by atoms with Crippen LogP contribution in [-0.4, -0.2) is 29.4 Å². The topological polar surface area (TPSA) is 56.1 Å². The lowest BCUT2D eigenvalue weighted by atomic mass is 10.1. The predicted octanol–water partition coefficient (Wildman–Crippen LogP) is 2.68. The normalized spacial score (nSPS) is 11.0. The Hall–Kier alpha value is -1.86. The molecule has 0 fully saturated rings. The van der Waals surface area contributed by atoms with Crippen LogP contribution in [0.3, 0.4) is 0 Å². The van der Waals surface area contributed by atoms with Crippen molar-refractivity contribution in [3.8, 4) is 6.07 Å². The highest BCUT2D eigenvalue weighted by atomic mass is 16.2. The molecule has 4 nitrogen and oxygen atoms in total. The van der Waals surface area contributed by atoms with Gasteiger partial charge in [-0.2, -0.15) is 5.26 Å². The van der Waals surface area contributed by atoms with E-state index in [0.717, 1.165) is 18.5 Å². The maximum absolute atomic E-state index is 12.3. The van der Waals surface area contributed by atoms with E-state index in [9.17, 15) is 4.79 Å². The highest BCUT2D eigenvalue weighted by molar-refractivity contribution is 5.78. The monoisotopic (exact) mass is 287 g/mol. The first kappa shape index (κ1) is 17.2. The SMILES string of the molecule is CCCN(Cc1ccc(C#N)cc1)C(=O)CNC(C)(C)C. The second-order valence-electron chi connectivity index (χ2n) is 6.23. The molecule has 4 heteroatoms. The predicted molar refractivity (Wildman–Crippen MR) is 84.6 cm³/mol. The molecule has 0 aliphatic rings. The van der Waals surface area contributed by atoms with Gasteiger partial charge in [-0.3, -0.25) is 4.79 Å². The summed E-state index contributed by atoms with van der Waals surface area (Å²) < 4.78 is 0. The standard InChI is InChI=1S/C17H25N3O/c1-5-10-20(16(21)12-19-17(2,3)4)13-15-8-6-14(11-18)7-9-15/h6-9,19H,5,10,12-13H2,1-4H3. The zero-order valence-corrected chi connectivity index (χ0v) is 13.4. The number of nitrogens with zero attached hydrogens (tertiary/aromatic N) is 2. The van der Waals surface area contributed by atoms with Crippen molar-refractivity contribution in [3.05, 3.63) is 35.4 Å². The van der Waals surface area contributed by atoms with Gasteiger partial charge in [-0.05, 0) is 44.9 Å². The summed E-state index contributed by atoms with van der Waals surface area (Å²) >= 11 is 0. The van der Waals surface area contributed by atoms with Gasteiger partial charge in [-0.25, -0.2) is 0 Å². The van der Waals surface area contributed by atoms with Crippen LogP contribution in [0.5, 0.6) is 0 Å². The summed E-state index contributed by atoms with van der Waals surface area (Å²) in [6.45, 7) is 9.88. The molecule has 1 amide bonds. The molecule has 0 saturated heterocycles. The molecule has 0 radical (unpaired) electrons. The molecule has 0 aliphatic heterocycles. The van der Waals surface area contributed by atoms with Gasteiger partial charge < -0.3 is 10.2 Å². The van der Waals surface area contributed by atoms with Gasteiger partial charge in [0.25, 0.3) is 0 Å². The molecular weight excluding hydrogens is 262 g/mol. The third kappa shape index (κ3) is 6.42. The highest BCUT2D eigenvalue weighted by Gasteiger charge is 2.16. The zero-order chi connectivity index (χ0) is 15.9. The average molecular weight is 287 g/mol. The van der Waals surface area contributed by atoms with Crippen LogP contribution in [0.25, 0.3) is 0 Å². The van der Waals surface area contributed by atoms with Crippen LogP contribution >= 0.6 is 0 Å². The number of carbonyl (C=O) groups is 1. The Morgan fingerprint density at radius 2 is 1.90 bits per heavy atom. The fourth-order valence-electron chi connectivity index (χ4n) is 1.92. The fraction of sp³-hybridized carbons (Fsp3) is 0.529. The van der Waals surface area contributed by atoms with Crippen LogP contribution in [0.1, 0.15) is 45.2 Å². The second-order valence-corrected chi connectivity index (χ2v) is 6.23. The minimum Gasteiger partial charge on any atom is -0.337 e. The smallest absolute Gasteiger partial charge is 0.236 e. The third-order valence-electron chi connectivity index (χ3n) is 3.07. The van der Waals surface area contributed by atoms with Gasteiger partial charge in [-0.1, -0.05) is 19.1 Å². The molecule has 0 aromatic heterocycles. The second kappa shape index (κ2) is 7.80. The van der Waals surface area contributed by atoms with Crippen molar-refractivity contribution in [2.24, 2.45) is 0 Å². The molecule has 0 unspecified atom stereocenters. The Kier molecular flexibility index (Phi) is 6.39. The van der Waals surface area contributed by atoms with E-state index in [-0.39, 0.29) is 11.4 Å². The summed E-state index contributed by atoms with van der Waals surface area (Å²) in [4.78, 5) is 14.2. The number of hydrogen-bond donors (Lipinski definition) is 1. The van der Waals surface area contributed by atoms with Crippen molar-refractivity contribution >= 4 is 5.91 Å². The molecular formula is C17H25N3O. The van der Waals surface area contributed by atoms with Crippen molar-refractivity contribution < 1.29 is 4.79 Å². The van der Waals surface area contributed by atoms with Crippen LogP contribution in [0.4, 0.5) is 0 Å². The minimum absolute atomic E-state index is 0.0675. The van der Waals surface area contributed by atoms with Gasteiger partial charge >= 0.3 is 0 Å². The van der Waals surface area contributed by atoms with Crippen LogP contribution in [0.15, 0.2) is 24.3 Å². The quantitative estimate of drug-likeness (QED) is 0.875. The Balaban J connectivity index is 2.67. The van der Waals surface area contributed by atoms with Gasteiger partial charge in [0.05, 0.1) is 18.2 Å². The van der Waals surface area contributed by atoms with E-state index in [1.165, 1.54) is 0 Å². The van der Waals surface area contributed by atoms with E-state index < -0.39 is 0 Å². The molecule has 21 heavy (non-hydrogen) atoms. The number of carbonyl (C=O) groups excluding carboxylic acids is 1. The number of rotatable bonds is 6. The van der Waals surface area contributed by atoms with E-state index >= 15 is 0 Å². The number of hydrogen-bond acceptors (Lipinski definition) is 3. The van der Waals surface area contributed by atoms with Crippen molar-refractivity contribution in [1.29, 1.82) is 5.26 Å². The summed E-state index contributed by atoms with van der Waals surface area (Å²) in [6, 6.07) is 9.50. The molecule has 1 aromatic rings. The van der Waals surface area contributed by atoms with Gasteiger partial charge in [0.15, 0.2) is 0 Å². The van der Waals surface area contributed by atoms with E-state index in [2.05, 4.69) is 18.3 Å². The molecule has 1 aromatic carbocycles. The molecule has 0 spiro atoms. The zero-order valence-electron chi connectivity index (χ0n) is 13.4. The molecule has 0 atom stereocenters. The van der Waals surface area contributed by atoms with E-state index in [1.807, 2.05) is 37.8 Å². The van der Waals surface area contributed by atoms with E-state index in [4.69, 9.17) is 5.26 Å². The lowest BCUT2D eigenvalue weighted by Crippen LogP contribution is -2.44. The van der Waals surface area contributed by atoms with Crippen LogP contribution in [0, 0.1) is 11.3 Å². The Morgan fingerprint density at radius 1 is 1.29 bits per heavy atom. The van der Waals surface area contributed by atoms with E-state index in [1.54, 1.807) is 12.1 Å².